The molecule has 4 saturated heterocycles. The third kappa shape index (κ3) is 7.38. The Kier molecular flexibility index (Phi) is 10.6. The summed E-state index contributed by atoms with van der Waals surface area (Å²) in [5, 5.41) is 15.1. The highest BCUT2D eigenvalue weighted by molar-refractivity contribution is 6.31. The monoisotopic (exact) mass is 779 g/mol. The summed E-state index contributed by atoms with van der Waals surface area (Å²) in [5.74, 6) is -0.873. The average molecular weight is 780 g/mol. The van der Waals surface area contributed by atoms with Gasteiger partial charge in [-0.2, -0.15) is 5.26 Å². The smallest absolute Gasteiger partial charge is 0.264 e. The summed E-state index contributed by atoms with van der Waals surface area (Å²) in [5.41, 5.74) is 1.98. The number of hydrogen-bond acceptors (Lipinski definition) is 12. The maximum absolute atomic E-state index is 13.6. The summed E-state index contributed by atoms with van der Waals surface area (Å²) in [6.07, 6.45) is 8.52. The second kappa shape index (κ2) is 15.9. The number of piperidine rings is 2. The molecular weight excluding hydrogens is 738 g/mol. The van der Waals surface area contributed by atoms with Gasteiger partial charge in [0.2, 0.25) is 17.8 Å². The van der Waals surface area contributed by atoms with Crippen molar-refractivity contribution in [2.45, 2.75) is 75.6 Å². The quantitative estimate of drug-likeness (QED) is 0.214. The Morgan fingerprint density at radius 3 is 2.41 bits per heavy atom. The van der Waals surface area contributed by atoms with E-state index in [1.54, 1.807) is 48.8 Å². The van der Waals surface area contributed by atoms with E-state index in [4.69, 9.17) is 21.6 Å². The zero-order valence-corrected chi connectivity index (χ0v) is 31.5. The van der Waals surface area contributed by atoms with Crippen LogP contribution in [0.2, 0.25) is 5.02 Å². The van der Waals surface area contributed by atoms with E-state index in [9.17, 15) is 24.0 Å². The second-order valence-corrected chi connectivity index (χ2v) is 15.4. The van der Waals surface area contributed by atoms with Crippen molar-refractivity contribution in [3.05, 3.63) is 76.1 Å². The number of halogens is 1. The van der Waals surface area contributed by atoms with E-state index in [0.717, 1.165) is 76.1 Å². The zero-order valence-electron chi connectivity index (χ0n) is 30.8. The Labute approximate surface area is 328 Å². The number of aromatic nitrogens is 2. The summed E-state index contributed by atoms with van der Waals surface area (Å²) >= 11 is 6.20. The van der Waals surface area contributed by atoms with E-state index in [0.29, 0.717) is 40.1 Å². The minimum absolute atomic E-state index is 0.0358. The maximum Gasteiger partial charge on any atom is 0.264 e. The number of unbranched alkanes of at least 4 members (excludes halogenated alkanes) is 1. The van der Waals surface area contributed by atoms with Crippen LogP contribution in [0.25, 0.3) is 0 Å². The number of piperazine rings is 1. The van der Waals surface area contributed by atoms with Crippen molar-refractivity contribution in [3.63, 3.8) is 0 Å². The Morgan fingerprint density at radius 2 is 1.71 bits per heavy atom. The molecule has 3 aromatic rings. The van der Waals surface area contributed by atoms with Crippen LogP contribution in [0, 0.1) is 11.3 Å². The van der Waals surface area contributed by atoms with Crippen molar-refractivity contribution >= 4 is 52.8 Å². The molecule has 0 saturated carbocycles. The molecule has 0 aliphatic carbocycles. The lowest BCUT2D eigenvalue weighted by Crippen LogP contribution is -2.54. The second-order valence-electron chi connectivity index (χ2n) is 15.0. The first-order chi connectivity index (χ1) is 27.2. The van der Waals surface area contributed by atoms with Crippen molar-refractivity contribution in [1.29, 1.82) is 5.26 Å². The van der Waals surface area contributed by atoms with Crippen LogP contribution in [0.1, 0.15) is 88.0 Å². The number of imide groups is 2. The van der Waals surface area contributed by atoms with Gasteiger partial charge < -0.3 is 19.9 Å². The fraction of sp³-hybridized carbons (Fsp3) is 0.450. The molecular formula is C40H42ClN9O6. The number of carbonyl (C=O) groups excluding carboxylic acids is 5. The Bertz CT molecular complexity index is 2090. The van der Waals surface area contributed by atoms with Gasteiger partial charge in [0.25, 0.3) is 17.7 Å². The highest BCUT2D eigenvalue weighted by Gasteiger charge is 2.46. The maximum atomic E-state index is 13.6. The van der Waals surface area contributed by atoms with E-state index in [2.05, 4.69) is 36.5 Å². The minimum atomic E-state index is -0.997. The lowest BCUT2D eigenvalue weighted by Gasteiger charge is -2.39. The number of nitrogens with one attached hydrogen (secondary N) is 2. The summed E-state index contributed by atoms with van der Waals surface area (Å²) in [6, 6.07) is 11.4. The molecule has 0 radical (unpaired) electrons. The molecule has 15 nitrogen and oxygen atoms in total. The molecule has 6 heterocycles. The predicted octanol–water partition coefficient (Wildman–Crippen LogP) is 3.63. The van der Waals surface area contributed by atoms with Crippen LogP contribution in [0.5, 0.6) is 5.75 Å². The number of anilines is 2. The molecule has 2 bridgehead atoms. The van der Waals surface area contributed by atoms with E-state index >= 15 is 0 Å². The van der Waals surface area contributed by atoms with Gasteiger partial charge in [0.05, 0.1) is 27.3 Å². The van der Waals surface area contributed by atoms with Crippen LogP contribution in [0.3, 0.4) is 0 Å². The van der Waals surface area contributed by atoms with Gasteiger partial charge in [0, 0.05) is 88.2 Å². The third-order valence-electron chi connectivity index (χ3n) is 11.5. The number of carbonyl (C=O) groups is 5. The van der Waals surface area contributed by atoms with Crippen molar-refractivity contribution in [2.75, 3.05) is 49.5 Å². The predicted molar refractivity (Wildman–Crippen MR) is 204 cm³/mol. The largest absolute Gasteiger partial charge is 0.490 e. The minimum Gasteiger partial charge on any atom is -0.490 e. The molecule has 16 heteroatoms. The number of nitriles is 1. The van der Waals surface area contributed by atoms with Crippen LogP contribution in [-0.2, 0) is 9.59 Å². The van der Waals surface area contributed by atoms with Gasteiger partial charge in [-0.3, -0.25) is 39.1 Å². The summed E-state index contributed by atoms with van der Waals surface area (Å²) < 4.78 is 6.23. The molecule has 5 amide bonds. The van der Waals surface area contributed by atoms with E-state index in [1.807, 2.05) is 4.90 Å². The molecule has 3 atom stereocenters. The third-order valence-corrected chi connectivity index (χ3v) is 11.8. The van der Waals surface area contributed by atoms with Gasteiger partial charge in [0.1, 0.15) is 24.0 Å². The number of hydrogen-bond donors (Lipinski definition) is 2. The molecule has 56 heavy (non-hydrogen) atoms. The zero-order chi connectivity index (χ0) is 38.9. The van der Waals surface area contributed by atoms with Crippen molar-refractivity contribution in [1.82, 2.24) is 30.0 Å². The lowest BCUT2D eigenvalue weighted by atomic mass is 9.98. The number of fused-ring (bicyclic) bond motifs is 3. The molecule has 2 aromatic carbocycles. The number of benzene rings is 2. The Morgan fingerprint density at radius 1 is 0.964 bits per heavy atom. The summed E-state index contributed by atoms with van der Waals surface area (Å²) in [4.78, 5) is 80.8. The summed E-state index contributed by atoms with van der Waals surface area (Å²) in [7, 11) is 0. The van der Waals surface area contributed by atoms with Gasteiger partial charge in [-0.15, -0.1) is 0 Å². The molecule has 3 unspecified atom stereocenters. The SMILES string of the molecule is N#Cc1ccc(OC2CC3CCC(C2)N3C(=O)c2cnc(N3CCN(CCCCNc4cccc5c4C(=O)N(C4CCC(=O)NC4=O)C5=O)CC3)nc2)cc1Cl. The van der Waals surface area contributed by atoms with Crippen molar-refractivity contribution in [3.8, 4) is 11.8 Å². The number of rotatable bonds is 11. The van der Waals surface area contributed by atoms with Crippen LogP contribution in [0.15, 0.2) is 48.8 Å². The number of amides is 5. The molecule has 0 spiro atoms. The summed E-state index contributed by atoms with van der Waals surface area (Å²) in [6.45, 7) is 4.75. The fourth-order valence-corrected chi connectivity index (χ4v) is 8.88. The molecule has 4 fully saturated rings. The number of nitrogens with zero attached hydrogens (tertiary/aromatic N) is 7. The highest BCUT2D eigenvalue weighted by Crippen LogP contribution is 2.39. The van der Waals surface area contributed by atoms with E-state index in [1.165, 1.54) is 0 Å². The molecule has 5 aliphatic rings. The van der Waals surface area contributed by atoms with Crippen LogP contribution in [-0.4, -0.2) is 118 Å². The first kappa shape index (κ1) is 37.3. The molecule has 5 aliphatic heterocycles. The van der Waals surface area contributed by atoms with E-state index < -0.39 is 29.7 Å². The van der Waals surface area contributed by atoms with Gasteiger partial charge in [0.15, 0.2) is 0 Å². The first-order valence-corrected chi connectivity index (χ1v) is 19.6. The normalized spacial score (nSPS) is 23.5. The molecule has 8 rings (SSSR count). The molecule has 290 valence electrons. The highest BCUT2D eigenvalue weighted by atomic mass is 35.5. The average Bonchev–Trinajstić information content (AvgIpc) is 3.62. The van der Waals surface area contributed by atoms with Crippen LogP contribution < -0.4 is 20.3 Å². The fourth-order valence-electron chi connectivity index (χ4n) is 8.67. The number of ether oxygens (including phenoxy) is 1. The lowest BCUT2D eigenvalue weighted by molar-refractivity contribution is -0.136. The topological polar surface area (TPSA) is 181 Å². The molecule has 1 aromatic heterocycles. The Balaban J connectivity index is 0.768. The van der Waals surface area contributed by atoms with Gasteiger partial charge in [-0.05, 0) is 62.9 Å². The van der Waals surface area contributed by atoms with Gasteiger partial charge in [-0.1, -0.05) is 17.7 Å². The first-order valence-electron chi connectivity index (χ1n) is 19.2. The molecule has 2 N–H and O–H groups in total. The van der Waals surface area contributed by atoms with E-state index in [-0.39, 0.29) is 48.1 Å². The van der Waals surface area contributed by atoms with Crippen molar-refractivity contribution < 1.29 is 28.7 Å². The van der Waals surface area contributed by atoms with Crippen molar-refractivity contribution in [2.24, 2.45) is 0 Å². The Hall–Kier alpha value is -5.59. The standard InChI is InChI=1S/C40H42ClN9O6/c41-31-20-28(9-6-24(31)21-42)56-29-18-26-7-8-27(19-29)49(26)37(53)25-22-44-40(45-23-25)48-16-14-47(15-17-48)13-2-1-12-43-32-5-3-4-30-35(32)39(55)50(38(30)54)33-10-11-34(51)46-36(33)52/h3-6,9,20,22-23,26-27,29,33,43H,1-2,7-8,10-19H2,(H,46,51,52). The van der Waals surface area contributed by atoms with Crippen LogP contribution >= 0.6 is 11.6 Å². The van der Waals surface area contributed by atoms with Crippen LogP contribution in [0.4, 0.5) is 11.6 Å². The van der Waals surface area contributed by atoms with Gasteiger partial charge in [-0.25, -0.2) is 9.97 Å². The van der Waals surface area contributed by atoms with Gasteiger partial charge >= 0.3 is 0 Å².